The molecule has 0 aliphatic rings. The Morgan fingerprint density at radius 3 is 2.50 bits per heavy atom. The van der Waals surface area contributed by atoms with Crippen molar-refractivity contribution in [3.63, 3.8) is 0 Å². The first-order valence-electron chi connectivity index (χ1n) is 7.04. The lowest BCUT2D eigenvalue weighted by molar-refractivity contribution is -0.152. The van der Waals surface area contributed by atoms with E-state index in [0.29, 0.717) is 11.4 Å². The van der Waals surface area contributed by atoms with Gasteiger partial charge in [-0.15, -0.1) is 0 Å². The van der Waals surface area contributed by atoms with Crippen LogP contribution < -0.4 is 9.64 Å². The fraction of sp³-hybridized carbons (Fsp3) is 0.312. The quantitative estimate of drug-likeness (QED) is 0.889. The summed E-state index contributed by atoms with van der Waals surface area (Å²) in [5, 5.41) is 9.18. The summed E-state index contributed by atoms with van der Waals surface area (Å²) < 4.78 is 19.2. The van der Waals surface area contributed by atoms with E-state index in [2.05, 4.69) is 9.97 Å². The second kappa shape index (κ2) is 6.60. The van der Waals surface area contributed by atoms with E-state index in [1.807, 2.05) is 0 Å². The van der Waals surface area contributed by atoms with Gasteiger partial charge in [0.05, 0.1) is 5.02 Å². The number of nitrogens with zero attached hydrogens (tertiary/aromatic N) is 3. The molecule has 1 aromatic carbocycles. The molecule has 0 aliphatic carbocycles. The summed E-state index contributed by atoms with van der Waals surface area (Å²) in [6, 6.07) is 5.70. The fourth-order valence-electron chi connectivity index (χ4n) is 1.76. The van der Waals surface area contributed by atoms with Gasteiger partial charge in [-0.2, -0.15) is 4.98 Å². The van der Waals surface area contributed by atoms with E-state index in [9.17, 15) is 14.3 Å². The van der Waals surface area contributed by atoms with E-state index in [4.69, 9.17) is 16.3 Å². The number of carboxylic acids is 1. The van der Waals surface area contributed by atoms with Gasteiger partial charge in [-0.1, -0.05) is 11.6 Å². The second-order valence-corrected chi connectivity index (χ2v) is 6.24. The van der Waals surface area contributed by atoms with E-state index in [1.54, 1.807) is 25.1 Å². The Morgan fingerprint density at radius 1 is 1.29 bits per heavy atom. The maximum Gasteiger partial charge on any atom is 0.347 e. The molecule has 128 valence electrons. The molecule has 1 heterocycles. The molecule has 0 spiro atoms. The zero-order valence-corrected chi connectivity index (χ0v) is 14.4. The van der Waals surface area contributed by atoms with Crippen molar-refractivity contribution in [2.24, 2.45) is 0 Å². The van der Waals surface area contributed by atoms with Crippen LogP contribution in [0, 0.1) is 5.82 Å². The predicted molar refractivity (Wildman–Crippen MR) is 89.1 cm³/mol. The number of benzene rings is 1. The number of hydrogen-bond donors (Lipinski definition) is 1. The highest BCUT2D eigenvalue weighted by Gasteiger charge is 2.30. The van der Waals surface area contributed by atoms with Crippen molar-refractivity contribution in [2.45, 2.75) is 19.4 Å². The van der Waals surface area contributed by atoms with Crippen LogP contribution in [0.1, 0.15) is 13.8 Å². The number of anilines is 1. The molecule has 8 heteroatoms. The molecule has 0 bridgehead atoms. The Hall–Kier alpha value is -2.41. The molecule has 0 radical (unpaired) electrons. The highest BCUT2D eigenvalue weighted by Crippen LogP contribution is 2.27. The van der Waals surface area contributed by atoms with E-state index in [1.165, 1.54) is 32.0 Å². The van der Waals surface area contributed by atoms with Crippen LogP contribution in [0.25, 0.3) is 11.4 Å². The molecular weight excluding hydrogens is 337 g/mol. The first-order valence-corrected chi connectivity index (χ1v) is 7.42. The third kappa shape index (κ3) is 3.91. The zero-order valence-electron chi connectivity index (χ0n) is 13.7. The number of aromatic nitrogens is 2. The van der Waals surface area contributed by atoms with Gasteiger partial charge in [0.1, 0.15) is 11.6 Å². The summed E-state index contributed by atoms with van der Waals surface area (Å²) in [6.45, 7) is 2.82. The standard InChI is InChI=1S/C16H17ClFN3O3/c1-16(2,15(22)23)24-13-8-12(21(3)4)19-14(20-13)9-5-6-10(17)11(18)7-9/h5-8H,1-4H3,(H,22,23). The normalized spacial score (nSPS) is 11.2. The number of aliphatic carboxylic acids is 1. The first kappa shape index (κ1) is 17.9. The van der Waals surface area contributed by atoms with E-state index in [-0.39, 0.29) is 16.7 Å². The summed E-state index contributed by atoms with van der Waals surface area (Å²) in [5.41, 5.74) is -1.07. The van der Waals surface area contributed by atoms with Crippen LogP contribution in [-0.4, -0.2) is 40.7 Å². The maximum atomic E-state index is 13.7. The molecule has 0 amide bonds. The summed E-state index contributed by atoms with van der Waals surface area (Å²) in [7, 11) is 3.53. The Balaban J connectivity index is 2.52. The molecule has 6 nitrogen and oxygen atoms in total. The van der Waals surface area contributed by atoms with Gasteiger partial charge in [-0.25, -0.2) is 14.2 Å². The van der Waals surface area contributed by atoms with Crippen LogP contribution in [-0.2, 0) is 4.79 Å². The smallest absolute Gasteiger partial charge is 0.347 e. The molecule has 24 heavy (non-hydrogen) atoms. The second-order valence-electron chi connectivity index (χ2n) is 5.83. The lowest BCUT2D eigenvalue weighted by atomic mass is 10.1. The largest absolute Gasteiger partial charge is 0.478 e. The van der Waals surface area contributed by atoms with Gasteiger partial charge in [0, 0.05) is 25.7 Å². The van der Waals surface area contributed by atoms with Gasteiger partial charge < -0.3 is 14.7 Å². The molecule has 0 fully saturated rings. The summed E-state index contributed by atoms with van der Waals surface area (Å²) in [5.74, 6) is -0.959. The van der Waals surface area contributed by atoms with Crippen molar-refractivity contribution in [3.8, 4) is 17.3 Å². The molecule has 2 aromatic rings. The molecule has 1 N–H and O–H groups in total. The van der Waals surface area contributed by atoms with Gasteiger partial charge in [0.15, 0.2) is 5.82 Å². The lowest BCUT2D eigenvalue weighted by Crippen LogP contribution is -2.38. The van der Waals surface area contributed by atoms with Crippen LogP contribution in [0.2, 0.25) is 5.02 Å². The third-order valence-electron chi connectivity index (χ3n) is 3.20. The van der Waals surface area contributed by atoms with Crippen molar-refractivity contribution >= 4 is 23.4 Å². The van der Waals surface area contributed by atoms with Gasteiger partial charge in [-0.3, -0.25) is 0 Å². The SMILES string of the molecule is CN(C)c1cc(OC(C)(C)C(=O)O)nc(-c2ccc(Cl)c(F)c2)n1. The Labute approximate surface area is 143 Å². The minimum Gasteiger partial charge on any atom is -0.478 e. The van der Waals surface area contributed by atoms with Crippen LogP contribution in [0.4, 0.5) is 10.2 Å². The van der Waals surface area contributed by atoms with E-state index in [0.717, 1.165) is 0 Å². The molecule has 2 rings (SSSR count). The summed E-state index contributed by atoms with van der Waals surface area (Å²) >= 11 is 5.69. The molecular formula is C16H17ClFN3O3. The molecule has 0 saturated carbocycles. The predicted octanol–water partition coefficient (Wildman–Crippen LogP) is 3.24. The molecule has 1 aromatic heterocycles. The monoisotopic (exact) mass is 353 g/mol. The Kier molecular flexibility index (Phi) is 4.94. The van der Waals surface area contributed by atoms with Gasteiger partial charge >= 0.3 is 5.97 Å². The van der Waals surface area contributed by atoms with Crippen molar-refractivity contribution in [3.05, 3.63) is 35.1 Å². The molecule has 0 atom stereocenters. The average Bonchev–Trinajstić information content (AvgIpc) is 2.49. The van der Waals surface area contributed by atoms with E-state index >= 15 is 0 Å². The topological polar surface area (TPSA) is 75.5 Å². The van der Waals surface area contributed by atoms with Gasteiger partial charge in [0.25, 0.3) is 0 Å². The average molecular weight is 354 g/mol. The van der Waals surface area contributed by atoms with Crippen LogP contribution >= 0.6 is 11.6 Å². The highest BCUT2D eigenvalue weighted by molar-refractivity contribution is 6.30. The first-order chi connectivity index (χ1) is 11.1. The molecule has 0 unspecified atom stereocenters. The fourth-order valence-corrected chi connectivity index (χ4v) is 1.88. The van der Waals surface area contributed by atoms with Crippen molar-refractivity contribution < 1.29 is 19.0 Å². The van der Waals surface area contributed by atoms with Crippen molar-refractivity contribution in [1.29, 1.82) is 0 Å². The molecule has 0 saturated heterocycles. The number of ether oxygens (including phenoxy) is 1. The Morgan fingerprint density at radius 2 is 1.96 bits per heavy atom. The highest BCUT2D eigenvalue weighted by atomic mass is 35.5. The number of carboxylic acid groups (broad SMARTS) is 1. The Bertz CT molecular complexity index is 781. The summed E-state index contributed by atoms with van der Waals surface area (Å²) in [4.78, 5) is 21.5. The lowest BCUT2D eigenvalue weighted by Gasteiger charge is -2.22. The van der Waals surface area contributed by atoms with Crippen LogP contribution in [0.5, 0.6) is 5.88 Å². The number of hydrogen-bond acceptors (Lipinski definition) is 5. The van der Waals surface area contributed by atoms with Crippen LogP contribution in [0.3, 0.4) is 0 Å². The molecule has 0 aliphatic heterocycles. The minimum atomic E-state index is -1.47. The van der Waals surface area contributed by atoms with E-state index < -0.39 is 17.4 Å². The minimum absolute atomic E-state index is 0.00834. The third-order valence-corrected chi connectivity index (χ3v) is 3.51. The number of carbonyl (C=O) groups is 1. The van der Waals surface area contributed by atoms with Gasteiger partial charge in [0.2, 0.25) is 11.5 Å². The number of rotatable bonds is 5. The number of halogens is 2. The van der Waals surface area contributed by atoms with Crippen molar-refractivity contribution in [1.82, 2.24) is 9.97 Å². The van der Waals surface area contributed by atoms with Crippen molar-refractivity contribution in [2.75, 3.05) is 19.0 Å². The summed E-state index contributed by atoms with van der Waals surface area (Å²) in [6.07, 6.45) is 0. The van der Waals surface area contributed by atoms with Gasteiger partial charge in [-0.05, 0) is 32.0 Å². The maximum absolute atomic E-state index is 13.7. The van der Waals surface area contributed by atoms with Crippen LogP contribution in [0.15, 0.2) is 24.3 Å². The zero-order chi connectivity index (χ0) is 18.1.